The van der Waals surface area contributed by atoms with Crippen molar-refractivity contribution in [3.05, 3.63) is 48.0 Å². The highest BCUT2D eigenvalue weighted by Gasteiger charge is 1.96. The molecule has 0 saturated carbocycles. The summed E-state index contributed by atoms with van der Waals surface area (Å²) in [4.78, 5) is 0. The highest BCUT2D eigenvalue weighted by molar-refractivity contribution is 5.86. The summed E-state index contributed by atoms with van der Waals surface area (Å²) in [6.07, 6.45) is 3.27. The first-order valence-electron chi connectivity index (χ1n) is 4.97. The van der Waals surface area contributed by atoms with Crippen LogP contribution >= 0.6 is 0 Å². The zero-order valence-corrected chi connectivity index (χ0v) is 8.97. The Labute approximate surface area is 94.4 Å². The van der Waals surface area contributed by atoms with Crippen LogP contribution in [0, 0.1) is 11.3 Å². The molecule has 2 heteroatoms. The van der Waals surface area contributed by atoms with E-state index in [1.165, 1.54) is 6.08 Å². The minimum atomic E-state index is 0.854. The zero-order valence-electron chi connectivity index (χ0n) is 8.97. The number of hydrogen-bond acceptors (Lipinski definition) is 2. The van der Waals surface area contributed by atoms with E-state index < -0.39 is 0 Å². The van der Waals surface area contributed by atoms with Crippen molar-refractivity contribution in [2.75, 3.05) is 7.11 Å². The van der Waals surface area contributed by atoms with Gasteiger partial charge in [0.15, 0.2) is 0 Å². The Balaban J connectivity index is 2.48. The standard InChI is InChI=1S/C14H11NO/c1-16-14-7-6-12-9-11(3-2-8-15)4-5-13(12)10-14/h2-7,9-10H,1H3/b3-2+. The molecule has 0 N–H and O–H groups in total. The second-order valence-electron chi connectivity index (χ2n) is 3.43. The molecule has 0 aliphatic rings. The average molecular weight is 209 g/mol. The van der Waals surface area contributed by atoms with Crippen molar-refractivity contribution in [1.29, 1.82) is 5.26 Å². The third-order valence-corrected chi connectivity index (χ3v) is 2.42. The molecule has 0 heterocycles. The normalized spacial score (nSPS) is 10.5. The molecule has 2 rings (SSSR count). The Morgan fingerprint density at radius 3 is 2.62 bits per heavy atom. The van der Waals surface area contributed by atoms with Crippen LogP contribution in [-0.4, -0.2) is 7.11 Å². The maximum atomic E-state index is 8.46. The van der Waals surface area contributed by atoms with E-state index in [0.717, 1.165) is 22.1 Å². The molecule has 0 amide bonds. The maximum Gasteiger partial charge on any atom is 0.119 e. The first kappa shape index (κ1) is 10.3. The Bertz CT molecular complexity index is 579. The zero-order chi connectivity index (χ0) is 11.4. The van der Waals surface area contributed by atoms with Gasteiger partial charge in [0.25, 0.3) is 0 Å². The van der Waals surface area contributed by atoms with Gasteiger partial charge in [0.2, 0.25) is 0 Å². The van der Waals surface area contributed by atoms with E-state index in [0.29, 0.717) is 0 Å². The van der Waals surface area contributed by atoms with E-state index >= 15 is 0 Å². The van der Waals surface area contributed by atoms with Crippen LogP contribution < -0.4 is 4.74 Å². The molecule has 0 saturated heterocycles. The van der Waals surface area contributed by atoms with Crippen molar-refractivity contribution in [3.8, 4) is 11.8 Å². The molecule has 0 fully saturated rings. The third kappa shape index (κ3) is 2.04. The van der Waals surface area contributed by atoms with Crippen LogP contribution in [0.1, 0.15) is 5.56 Å². The van der Waals surface area contributed by atoms with E-state index in [-0.39, 0.29) is 0 Å². The van der Waals surface area contributed by atoms with Gasteiger partial charge in [0.05, 0.1) is 13.2 Å². The molecule has 2 aromatic carbocycles. The summed E-state index contributed by atoms with van der Waals surface area (Å²) in [7, 11) is 1.66. The van der Waals surface area contributed by atoms with E-state index in [1.54, 1.807) is 13.2 Å². The highest BCUT2D eigenvalue weighted by atomic mass is 16.5. The molecule has 2 nitrogen and oxygen atoms in total. The van der Waals surface area contributed by atoms with Crippen LogP contribution in [-0.2, 0) is 0 Å². The lowest BCUT2D eigenvalue weighted by atomic mass is 10.1. The van der Waals surface area contributed by atoms with Gasteiger partial charge >= 0.3 is 0 Å². The first-order valence-corrected chi connectivity index (χ1v) is 4.97. The monoisotopic (exact) mass is 209 g/mol. The number of nitrogens with zero attached hydrogens (tertiary/aromatic N) is 1. The number of nitriles is 1. The van der Waals surface area contributed by atoms with Crippen molar-refractivity contribution in [2.45, 2.75) is 0 Å². The van der Waals surface area contributed by atoms with Gasteiger partial charge in [-0.3, -0.25) is 0 Å². The topological polar surface area (TPSA) is 33.0 Å². The van der Waals surface area contributed by atoms with Crippen molar-refractivity contribution < 1.29 is 4.74 Å². The van der Waals surface area contributed by atoms with Crippen LogP contribution in [0.15, 0.2) is 42.5 Å². The highest BCUT2D eigenvalue weighted by Crippen LogP contribution is 2.22. The number of methoxy groups -OCH3 is 1. The van der Waals surface area contributed by atoms with Gasteiger partial charge in [0, 0.05) is 6.08 Å². The smallest absolute Gasteiger partial charge is 0.119 e. The van der Waals surface area contributed by atoms with Gasteiger partial charge in [0.1, 0.15) is 5.75 Å². The lowest BCUT2D eigenvalue weighted by Crippen LogP contribution is -1.82. The number of ether oxygens (including phenoxy) is 1. The van der Waals surface area contributed by atoms with Crippen LogP contribution in [0.2, 0.25) is 0 Å². The fraction of sp³-hybridized carbons (Fsp3) is 0.0714. The quantitative estimate of drug-likeness (QED) is 0.710. The molecule has 0 bridgehead atoms. The van der Waals surface area contributed by atoms with Crippen LogP contribution in [0.4, 0.5) is 0 Å². The summed E-state index contributed by atoms with van der Waals surface area (Å²) >= 11 is 0. The lowest BCUT2D eigenvalue weighted by molar-refractivity contribution is 0.415. The summed E-state index contributed by atoms with van der Waals surface area (Å²) in [6.45, 7) is 0. The van der Waals surface area contributed by atoms with Crippen molar-refractivity contribution in [2.24, 2.45) is 0 Å². The molecule has 0 aliphatic carbocycles. The average Bonchev–Trinajstić information content (AvgIpc) is 2.35. The molecule has 78 valence electrons. The predicted molar refractivity (Wildman–Crippen MR) is 65.1 cm³/mol. The molecular formula is C14H11NO. The molecule has 2 aromatic rings. The van der Waals surface area contributed by atoms with E-state index in [4.69, 9.17) is 10.00 Å². The van der Waals surface area contributed by atoms with Crippen molar-refractivity contribution >= 4 is 16.8 Å². The minimum absolute atomic E-state index is 0.854. The van der Waals surface area contributed by atoms with Crippen LogP contribution in [0.5, 0.6) is 5.75 Å². The number of fused-ring (bicyclic) bond motifs is 1. The fourth-order valence-electron chi connectivity index (χ4n) is 1.61. The maximum absolute atomic E-state index is 8.46. The molecular weight excluding hydrogens is 198 g/mol. The fourth-order valence-corrected chi connectivity index (χ4v) is 1.61. The second kappa shape index (κ2) is 4.50. The summed E-state index contributed by atoms with van der Waals surface area (Å²) in [5, 5.41) is 10.7. The van der Waals surface area contributed by atoms with Crippen molar-refractivity contribution in [1.82, 2.24) is 0 Å². The number of allylic oxidation sites excluding steroid dienone is 1. The molecule has 16 heavy (non-hydrogen) atoms. The van der Waals surface area contributed by atoms with Gasteiger partial charge in [-0.2, -0.15) is 5.26 Å². The van der Waals surface area contributed by atoms with Crippen molar-refractivity contribution in [3.63, 3.8) is 0 Å². The van der Waals surface area contributed by atoms with Gasteiger partial charge < -0.3 is 4.74 Å². The molecule has 0 spiro atoms. The Morgan fingerprint density at radius 2 is 1.88 bits per heavy atom. The Hall–Kier alpha value is -2.27. The molecule has 0 atom stereocenters. The largest absolute Gasteiger partial charge is 0.497 e. The number of benzene rings is 2. The van der Waals surface area contributed by atoms with E-state index in [2.05, 4.69) is 0 Å². The van der Waals surface area contributed by atoms with Gasteiger partial charge in [-0.15, -0.1) is 0 Å². The number of rotatable bonds is 2. The summed E-state index contributed by atoms with van der Waals surface area (Å²) < 4.78 is 5.16. The predicted octanol–water partition coefficient (Wildman–Crippen LogP) is 3.39. The van der Waals surface area contributed by atoms with Crippen LogP contribution in [0.3, 0.4) is 0 Å². The van der Waals surface area contributed by atoms with Gasteiger partial charge in [-0.05, 0) is 40.6 Å². The molecule has 0 aliphatic heterocycles. The lowest BCUT2D eigenvalue weighted by Gasteiger charge is -2.03. The number of hydrogen-bond donors (Lipinski definition) is 0. The first-order chi connectivity index (χ1) is 7.83. The Kier molecular flexibility index (Phi) is 2.88. The molecule has 0 unspecified atom stereocenters. The molecule has 0 aromatic heterocycles. The van der Waals surface area contributed by atoms with E-state index in [1.807, 2.05) is 42.5 Å². The summed E-state index contributed by atoms with van der Waals surface area (Å²) in [5.74, 6) is 0.854. The summed E-state index contributed by atoms with van der Waals surface area (Å²) in [5.41, 5.74) is 1.03. The van der Waals surface area contributed by atoms with Gasteiger partial charge in [-0.25, -0.2) is 0 Å². The van der Waals surface area contributed by atoms with E-state index in [9.17, 15) is 0 Å². The second-order valence-corrected chi connectivity index (χ2v) is 3.43. The minimum Gasteiger partial charge on any atom is -0.497 e. The SMILES string of the molecule is COc1ccc2cc(/C=C/C#N)ccc2c1. The Morgan fingerprint density at radius 1 is 1.12 bits per heavy atom. The third-order valence-electron chi connectivity index (χ3n) is 2.42. The van der Waals surface area contributed by atoms with Gasteiger partial charge in [-0.1, -0.05) is 18.2 Å². The summed E-state index contributed by atoms with van der Waals surface area (Å²) in [6, 6.07) is 14.0. The molecule has 0 radical (unpaired) electrons. The van der Waals surface area contributed by atoms with Crippen LogP contribution in [0.25, 0.3) is 16.8 Å².